The number of hydrogen-bond donors (Lipinski definition) is 2. The zero-order chi connectivity index (χ0) is 16.8. The molecule has 1 saturated carbocycles. The van der Waals surface area contributed by atoms with Gasteiger partial charge in [0, 0.05) is 18.0 Å². The van der Waals surface area contributed by atoms with E-state index in [-0.39, 0.29) is 17.2 Å². The van der Waals surface area contributed by atoms with Crippen LogP contribution in [0.4, 0.5) is 5.69 Å². The number of hydrogen-bond acceptors (Lipinski definition) is 2. The van der Waals surface area contributed by atoms with Crippen LogP contribution in [-0.2, 0) is 21.4 Å². The summed E-state index contributed by atoms with van der Waals surface area (Å²) in [5.74, 6) is 0.0796. The summed E-state index contributed by atoms with van der Waals surface area (Å²) >= 11 is 0. The average molecular weight is 314 g/mol. The number of rotatable bonds is 2. The summed E-state index contributed by atoms with van der Waals surface area (Å²) in [6, 6.07) is 6.21. The van der Waals surface area contributed by atoms with Crippen molar-refractivity contribution in [3.63, 3.8) is 0 Å². The first-order valence-corrected chi connectivity index (χ1v) is 8.48. The van der Waals surface area contributed by atoms with Crippen molar-refractivity contribution in [2.75, 3.05) is 5.32 Å². The van der Waals surface area contributed by atoms with Gasteiger partial charge in [-0.05, 0) is 60.3 Å². The van der Waals surface area contributed by atoms with Crippen LogP contribution in [0.1, 0.15) is 57.6 Å². The standard InChI is InChI=1S/C19H26N2O2/c1-12(22)21-14-6-7-15-13(11-14)5-8-16-18(15,2)9-4-10-19(16,3)17(20)23/h6-7,11,16H,4-5,8-10H2,1-3H3,(H2,20,23)(H,21,22). The van der Waals surface area contributed by atoms with Crippen LogP contribution in [-0.4, -0.2) is 11.8 Å². The molecule has 0 radical (unpaired) electrons. The maximum absolute atomic E-state index is 12.1. The molecule has 2 aliphatic rings. The highest BCUT2D eigenvalue weighted by molar-refractivity contribution is 5.88. The highest BCUT2D eigenvalue weighted by atomic mass is 16.1. The maximum atomic E-state index is 12.1. The third-order valence-electron chi connectivity index (χ3n) is 6.24. The minimum atomic E-state index is -0.416. The zero-order valence-corrected chi connectivity index (χ0v) is 14.2. The van der Waals surface area contributed by atoms with Crippen molar-refractivity contribution in [1.29, 1.82) is 0 Å². The second kappa shape index (κ2) is 5.36. The first-order valence-electron chi connectivity index (χ1n) is 8.48. The lowest BCUT2D eigenvalue weighted by Gasteiger charge is -2.54. The number of benzene rings is 1. The third kappa shape index (κ3) is 2.44. The highest BCUT2D eigenvalue weighted by Gasteiger charge is 2.54. The molecule has 0 spiro atoms. The lowest BCUT2D eigenvalue weighted by Crippen LogP contribution is -2.54. The van der Waals surface area contributed by atoms with Gasteiger partial charge in [0.05, 0.1) is 0 Å². The van der Waals surface area contributed by atoms with Crippen LogP contribution in [0.25, 0.3) is 0 Å². The maximum Gasteiger partial charge on any atom is 0.223 e. The second-order valence-corrected chi connectivity index (χ2v) is 7.70. The summed E-state index contributed by atoms with van der Waals surface area (Å²) in [7, 11) is 0. The number of fused-ring (bicyclic) bond motifs is 3. The van der Waals surface area contributed by atoms with Crippen molar-refractivity contribution in [3.8, 4) is 0 Å². The quantitative estimate of drug-likeness (QED) is 0.880. The zero-order valence-electron chi connectivity index (χ0n) is 14.2. The fourth-order valence-electron chi connectivity index (χ4n) is 5.07. The Balaban J connectivity index is 2.03. The fourth-order valence-corrected chi connectivity index (χ4v) is 5.07. The topological polar surface area (TPSA) is 72.2 Å². The Hall–Kier alpha value is -1.84. The first-order chi connectivity index (χ1) is 10.8. The molecule has 0 bridgehead atoms. The van der Waals surface area contributed by atoms with E-state index in [1.54, 1.807) is 0 Å². The van der Waals surface area contributed by atoms with Crippen LogP contribution in [0.3, 0.4) is 0 Å². The van der Waals surface area contributed by atoms with Gasteiger partial charge in [-0.15, -0.1) is 0 Å². The predicted octanol–water partition coefficient (Wildman–Crippen LogP) is 3.14. The molecule has 124 valence electrons. The number of carbonyl (C=O) groups is 2. The van der Waals surface area contributed by atoms with Gasteiger partial charge in [-0.1, -0.05) is 26.3 Å². The molecule has 4 heteroatoms. The van der Waals surface area contributed by atoms with E-state index in [1.165, 1.54) is 18.1 Å². The largest absolute Gasteiger partial charge is 0.369 e. The molecule has 3 unspecified atom stereocenters. The molecular formula is C19H26N2O2. The van der Waals surface area contributed by atoms with Gasteiger partial charge in [-0.3, -0.25) is 9.59 Å². The van der Waals surface area contributed by atoms with E-state index in [2.05, 4.69) is 24.4 Å². The van der Waals surface area contributed by atoms with Crippen molar-refractivity contribution >= 4 is 17.5 Å². The van der Waals surface area contributed by atoms with Gasteiger partial charge in [0.25, 0.3) is 0 Å². The molecule has 0 aliphatic heterocycles. The van der Waals surface area contributed by atoms with Gasteiger partial charge >= 0.3 is 0 Å². The van der Waals surface area contributed by atoms with Crippen LogP contribution in [0.15, 0.2) is 18.2 Å². The van der Waals surface area contributed by atoms with Gasteiger partial charge in [-0.25, -0.2) is 0 Å². The summed E-state index contributed by atoms with van der Waals surface area (Å²) in [5.41, 5.74) is 8.83. The van der Waals surface area contributed by atoms with Crippen molar-refractivity contribution in [1.82, 2.24) is 0 Å². The molecule has 2 aliphatic carbocycles. The van der Waals surface area contributed by atoms with E-state index >= 15 is 0 Å². The van der Waals surface area contributed by atoms with Gasteiger partial charge in [-0.2, -0.15) is 0 Å². The molecule has 1 aromatic rings. The first kappa shape index (κ1) is 16.0. The summed E-state index contributed by atoms with van der Waals surface area (Å²) in [4.78, 5) is 23.4. The van der Waals surface area contributed by atoms with Crippen LogP contribution in [0, 0.1) is 11.3 Å². The Bertz CT molecular complexity index is 669. The molecule has 1 aromatic carbocycles. The second-order valence-electron chi connectivity index (χ2n) is 7.70. The van der Waals surface area contributed by atoms with Crippen LogP contribution in [0.5, 0.6) is 0 Å². The summed E-state index contributed by atoms with van der Waals surface area (Å²) in [5, 5.41) is 2.86. The Morgan fingerprint density at radius 1 is 1.26 bits per heavy atom. The minimum Gasteiger partial charge on any atom is -0.369 e. The predicted molar refractivity (Wildman–Crippen MR) is 91.1 cm³/mol. The molecule has 0 aromatic heterocycles. The van der Waals surface area contributed by atoms with Crippen molar-refractivity contribution in [2.24, 2.45) is 17.1 Å². The number of nitrogens with one attached hydrogen (secondary N) is 1. The van der Waals surface area contributed by atoms with E-state index in [0.717, 1.165) is 37.8 Å². The Morgan fingerprint density at radius 3 is 2.65 bits per heavy atom. The lowest BCUT2D eigenvalue weighted by atomic mass is 9.49. The van der Waals surface area contributed by atoms with Crippen molar-refractivity contribution in [2.45, 2.75) is 58.3 Å². The number of aryl methyl sites for hydroxylation is 1. The summed E-state index contributed by atoms with van der Waals surface area (Å²) in [6.07, 6.45) is 4.92. The number of primary amides is 1. The summed E-state index contributed by atoms with van der Waals surface area (Å²) in [6.45, 7) is 5.86. The SMILES string of the molecule is CC(=O)Nc1ccc2c(c1)CCC1C(C)(C(N)=O)CCCC21C. The van der Waals surface area contributed by atoms with Gasteiger partial charge in [0.15, 0.2) is 0 Å². The third-order valence-corrected chi connectivity index (χ3v) is 6.24. The van der Waals surface area contributed by atoms with Crippen LogP contribution >= 0.6 is 0 Å². The molecule has 3 N–H and O–H groups in total. The van der Waals surface area contributed by atoms with Gasteiger partial charge in [0.2, 0.25) is 11.8 Å². The van der Waals surface area contributed by atoms with Crippen LogP contribution in [0.2, 0.25) is 0 Å². The normalized spacial score (nSPS) is 32.6. The van der Waals surface area contributed by atoms with Crippen molar-refractivity contribution in [3.05, 3.63) is 29.3 Å². The Morgan fingerprint density at radius 2 is 2.00 bits per heavy atom. The van der Waals surface area contributed by atoms with E-state index in [9.17, 15) is 9.59 Å². The van der Waals surface area contributed by atoms with E-state index in [1.807, 2.05) is 13.0 Å². The molecule has 3 rings (SSSR count). The molecule has 23 heavy (non-hydrogen) atoms. The van der Waals surface area contributed by atoms with E-state index < -0.39 is 5.41 Å². The van der Waals surface area contributed by atoms with Crippen LogP contribution < -0.4 is 11.1 Å². The fraction of sp³-hybridized carbons (Fsp3) is 0.579. The van der Waals surface area contributed by atoms with Gasteiger partial charge < -0.3 is 11.1 Å². The number of amides is 2. The smallest absolute Gasteiger partial charge is 0.223 e. The molecule has 0 heterocycles. The highest BCUT2D eigenvalue weighted by Crippen LogP contribution is 2.57. The average Bonchev–Trinajstić information content (AvgIpc) is 2.46. The minimum absolute atomic E-state index is 0.00956. The number of carbonyl (C=O) groups excluding carboxylic acids is 2. The van der Waals surface area contributed by atoms with E-state index in [0.29, 0.717) is 5.92 Å². The lowest BCUT2D eigenvalue weighted by molar-refractivity contribution is -0.135. The summed E-state index contributed by atoms with van der Waals surface area (Å²) < 4.78 is 0. The molecule has 4 nitrogen and oxygen atoms in total. The molecular weight excluding hydrogens is 288 g/mol. The Kier molecular flexibility index (Phi) is 3.74. The van der Waals surface area contributed by atoms with Gasteiger partial charge in [0.1, 0.15) is 0 Å². The molecule has 1 fully saturated rings. The van der Waals surface area contributed by atoms with Crippen molar-refractivity contribution < 1.29 is 9.59 Å². The Labute approximate surface area is 137 Å². The molecule has 2 amide bonds. The van der Waals surface area contributed by atoms with E-state index in [4.69, 9.17) is 5.73 Å². The number of anilines is 1. The number of nitrogens with two attached hydrogens (primary N) is 1. The molecule has 3 atom stereocenters. The monoisotopic (exact) mass is 314 g/mol. The molecule has 0 saturated heterocycles.